The molecule has 0 saturated carbocycles. The standard InChI is InChI=1S/C7H7N3O2/c1-5-4-6(7(11)12)10(9-5)3-2-8/h4H,3H2,1H3,(H,11,12). The number of carboxylic acid groups (broad SMARTS) is 1. The van der Waals surface area contributed by atoms with Gasteiger partial charge in [0, 0.05) is 0 Å². The summed E-state index contributed by atoms with van der Waals surface area (Å²) in [4.78, 5) is 10.5. The second kappa shape index (κ2) is 3.05. The van der Waals surface area contributed by atoms with Crippen molar-refractivity contribution in [1.82, 2.24) is 9.78 Å². The van der Waals surface area contributed by atoms with E-state index in [4.69, 9.17) is 10.4 Å². The summed E-state index contributed by atoms with van der Waals surface area (Å²) in [6.07, 6.45) is 0. The molecule has 0 aliphatic heterocycles. The zero-order valence-electron chi connectivity index (χ0n) is 6.48. The predicted molar refractivity (Wildman–Crippen MR) is 39.5 cm³/mol. The van der Waals surface area contributed by atoms with Crippen LogP contribution in [0.1, 0.15) is 16.2 Å². The zero-order valence-corrected chi connectivity index (χ0v) is 6.48. The third-order valence-electron chi connectivity index (χ3n) is 1.34. The molecule has 62 valence electrons. The Balaban J connectivity index is 3.10. The fourth-order valence-electron chi connectivity index (χ4n) is 0.905. The van der Waals surface area contributed by atoms with Gasteiger partial charge in [-0.2, -0.15) is 10.4 Å². The first-order chi connectivity index (χ1) is 5.65. The van der Waals surface area contributed by atoms with E-state index in [9.17, 15) is 4.79 Å². The van der Waals surface area contributed by atoms with E-state index in [1.807, 2.05) is 6.07 Å². The molecule has 0 fully saturated rings. The van der Waals surface area contributed by atoms with Gasteiger partial charge in [0.2, 0.25) is 0 Å². The number of hydrogen-bond donors (Lipinski definition) is 1. The van der Waals surface area contributed by atoms with Crippen molar-refractivity contribution in [3.8, 4) is 6.07 Å². The van der Waals surface area contributed by atoms with Crippen molar-refractivity contribution < 1.29 is 9.90 Å². The molecule has 5 heteroatoms. The zero-order chi connectivity index (χ0) is 9.14. The first kappa shape index (κ1) is 8.27. The minimum Gasteiger partial charge on any atom is -0.477 e. The first-order valence-electron chi connectivity index (χ1n) is 3.30. The minimum atomic E-state index is -1.06. The molecule has 1 N–H and O–H groups in total. The van der Waals surface area contributed by atoms with Gasteiger partial charge in [-0.15, -0.1) is 0 Å². The van der Waals surface area contributed by atoms with Crippen LogP contribution in [0.3, 0.4) is 0 Å². The van der Waals surface area contributed by atoms with E-state index < -0.39 is 5.97 Å². The predicted octanol–water partition coefficient (Wildman–Crippen LogP) is 0.413. The molecule has 1 aromatic rings. The van der Waals surface area contributed by atoms with Crippen molar-refractivity contribution >= 4 is 5.97 Å². The highest BCUT2D eigenvalue weighted by Crippen LogP contribution is 2.02. The molecule has 1 rings (SSSR count). The molecule has 0 atom stereocenters. The van der Waals surface area contributed by atoms with E-state index in [2.05, 4.69) is 5.10 Å². The van der Waals surface area contributed by atoms with Crippen LogP contribution in [0.15, 0.2) is 6.07 Å². The maximum absolute atomic E-state index is 10.5. The monoisotopic (exact) mass is 165 g/mol. The lowest BCUT2D eigenvalue weighted by atomic mass is 10.4. The van der Waals surface area contributed by atoms with E-state index in [-0.39, 0.29) is 12.2 Å². The number of nitrogens with zero attached hydrogens (tertiary/aromatic N) is 3. The van der Waals surface area contributed by atoms with Crippen LogP contribution in [0.4, 0.5) is 0 Å². The van der Waals surface area contributed by atoms with Gasteiger partial charge in [0.05, 0.1) is 11.8 Å². The number of carbonyl (C=O) groups is 1. The third kappa shape index (κ3) is 1.42. The maximum Gasteiger partial charge on any atom is 0.354 e. The van der Waals surface area contributed by atoms with Gasteiger partial charge in [0.15, 0.2) is 0 Å². The summed E-state index contributed by atoms with van der Waals surface area (Å²) in [7, 11) is 0. The van der Waals surface area contributed by atoms with Gasteiger partial charge in [-0.1, -0.05) is 0 Å². The van der Waals surface area contributed by atoms with E-state index in [1.165, 1.54) is 6.07 Å². The third-order valence-corrected chi connectivity index (χ3v) is 1.34. The lowest BCUT2D eigenvalue weighted by Gasteiger charge is -1.95. The maximum atomic E-state index is 10.5. The van der Waals surface area contributed by atoms with Crippen LogP contribution in [0.25, 0.3) is 0 Å². The molecule has 0 aliphatic rings. The number of nitriles is 1. The Hall–Kier alpha value is -1.83. The van der Waals surface area contributed by atoms with Crippen molar-refractivity contribution in [2.45, 2.75) is 13.5 Å². The van der Waals surface area contributed by atoms with Crippen LogP contribution in [-0.2, 0) is 6.54 Å². The van der Waals surface area contributed by atoms with Gasteiger partial charge in [-0.3, -0.25) is 0 Å². The molecule has 0 aliphatic carbocycles. The smallest absolute Gasteiger partial charge is 0.354 e. The van der Waals surface area contributed by atoms with E-state index in [0.29, 0.717) is 5.69 Å². The van der Waals surface area contributed by atoms with Gasteiger partial charge in [0.1, 0.15) is 12.2 Å². The summed E-state index contributed by atoms with van der Waals surface area (Å²) in [6.45, 7) is 1.65. The SMILES string of the molecule is Cc1cc(C(=O)O)n(CC#N)n1. The molecule has 12 heavy (non-hydrogen) atoms. The van der Waals surface area contributed by atoms with Crippen LogP contribution in [0.2, 0.25) is 0 Å². The van der Waals surface area contributed by atoms with Crippen molar-refractivity contribution in [3.05, 3.63) is 17.5 Å². The second-order valence-corrected chi connectivity index (χ2v) is 2.29. The molecular weight excluding hydrogens is 158 g/mol. The van der Waals surface area contributed by atoms with Crippen LogP contribution in [-0.4, -0.2) is 20.9 Å². The number of hydrogen-bond acceptors (Lipinski definition) is 3. The lowest BCUT2D eigenvalue weighted by molar-refractivity contribution is 0.0684. The molecule has 0 amide bonds. The molecule has 0 bridgehead atoms. The average Bonchev–Trinajstić information content (AvgIpc) is 2.32. The molecule has 0 aromatic carbocycles. The summed E-state index contributed by atoms with van der Waals surface area (Å²) in [5.74, 6) is -1.06. The summed E-state index contributed by atoms with van der Waals surface area (Å²) < 4.78 is 1.16. The quantitative estimate of drug-likeness (QED) is 0.688. The van der Waals surface area contributed by atoms with Crippen LogP contribution in [0, 0.1) is 18.3 Å². The van der Waals surface area contributed by atoms with Gasteiger partial charge >= 0.3 is 5.97 Å². The fraction of sp³-hybridized carbons (Fsp3) is 0.286. The van der Waals surface area contributed by atoms with Gasteiger partial charge in [0.25, 0.3) is 0 Å². The van der Waals surface area contributed by atoms with Crippen molar-refractivity contribution in [2.75, 3.05) is 0 Å². The molecule has 1 aromatic heterocycles. The number of carboxylic acids is 1. The number of aryl methyl sites for hydroxylation is 1. The fourth-order valence-corrected chi connectivity index (χ4v) is 0.905. The Kier molecular flexibility index (Phi) is 2.10. The number of rotatable bonds is 2. The van der Waals surface area contributed by atoms with Crippen molar-refractivity contribution in [1.29, 1.82) is 5.26 Å². The lowest BCUT2D eigenvalue weighted by Crippen LogP contribution is -2.08. The minimum absolute atomic E-state index is 0.0323. The summed E-state index contributed by atoms with van der Waals surface area (Å²) in [6, 6.07) is 3.26. The highest BCUT2D eigenvalue weighted by molar-refractivity contribution is 5.85. The molecule has 0 unspecified atom stereocenters. The highest BCUT2D eigenvalue weighted by Gasteiger charge is 2.11. The second-order valence-electron chi connectivity index (χ2n) is 2.29. The molecule has 1 heterocycles. The summed E-state index contributed by atoms with van der Waals surface area (Å²) >= 11 is 0. The Morgan fingerprint density at radius 1 is 1.92 bits per heavy atom. The first-order valence-corrected chi connectivity index (χ1v) is 3.30. The van der Waals surface area contributed by atoms with Gasteiger partial charge in [-0.05, 0) is 13.0 Å². The highest BCUT2D eigenvalue weighted by atomic mass is 16.4. The van der Waals surface area contributed by atoms with E-state index in [0.717, 1.165) is 4.68 Å². The topological polar surface area (TPSA) is 78.9 Å². The number of aromatic nitrogens is 2. The Morgan fingerprint density at radius 2 is 2.58 bits per heavy atom. The van der Waals surface area contributed by atoms with Crippen LogP contribution in [0.5, 0.6) is 0 Å². The molecule has 0 spiro atoms. The Bertz CT molecular complexity index is 348. The van der Waals surface area contributed by atoms with Gasteiger partial charge < -0.3 is 5.11 Å². The molecule has 0 saturated heterocycles. The van der Waals surface area contributed by atoms with Crippen LogP contribution >= 0.6 is 0 Å². The van der Waals surface area contributed by atoms with Gasteiger partial charge in [-0.25, -0.2) is 9.48 Å². The average molecular weight is 165 g/mol. The number of aromatic carboxylic acids is 1. The molecule has 5 nitrogen and oxygen atoms in total. The Morgan fingerprint density at radius 3 is 3.08 bits per heavy atom. The molecule has 0 radical (unpaired) electrons. The Labute approximate surface area is 68.8 Å². The van der Waals surface area contributed by atoms with Crippen LogP contribution < -0.4 is 0 Å². The van der Waals surface area contributed by atoms with E-state index >= 15 is 0 Å². The largest absolute Gasteiger partial charge is 0.477 e. The molecular formula is C7H7N3O2. The normalized spacial score (nSPS) is 9.33. The van der Waals surface area contributed by atoms with Crippen molar-refractivity contribution in [3.63, 3.8) is 0 Å². The summed E-state index contributed by atoms with van der Waals surface area (Å²) in [5.41, 5.74) is 0.650. The summed E-state index contributed by atoms with van der Waals surface area (Å²) in [5, 5.41) is 20.8. The van der Waals surface area contributed by atoms with Crippen molar-refractivity contribution in [2.24, 2.45) is 0 Å². The van der Waals surface area contributed by atoms with E-state index in [1.54, 1.807) is 6.92 Å².